The van der Waals surface area contributed by atoms with Crippen LogP contribution in [0, 0.1) is 11.2 Å². The average Bonchev–Trinajstić information content (AvgIpc) is 3.13. The first-order valence-corrected chi connectivity index (χ1v) is 9.39. The van der Waals surface area contributed by atoms with Crippen LogP contribution in [0.5, 0.6) is 0 Å². The first-order chi connectivity index (χ1) is 13.5. The van der Waals surface area contributed by atoms with Gasteiger partial charge < -0.3 is 5.11 Å². The van der Waals surface area contributed by atoms with E-state index in [1.807, 2.05) is 35.1 Å². The quantitative estimate of drug-likeness (QED) is 0.514. The van der Waals surface area contributed by atoms with Crippen LogP contribution in [0.15, 0.2) is 79.0 Å². The Hall–Kier alpha value is -2.98. The lowest BCUT2D eigenvalue weighted by Gasteiger charge is -2.33. The zero-order valence-corrected chi connectivity index (χ0v) is 16.0. The first-order valence-electron chi connectivity index (χ1n) is 9.39. The van der Waals surface area contributed by atoms with Crippen LogP contribution in [-0.2, 0) is 0 Å². The van der Waals surface area contributed by atoms with Crippen molar-refractivity contribution >= 4 is 10.9 Å². The van der Waals surface area contributed by atoms with Crippen molar-refractivity contribution in [3.63, 3.8) is 0 Å². The molecule has 1 N–H and O–H groups in total. The molecule has 0 radical (unpaired) electrons. The minimum atomic E-state index is -0.317. The topological polar surface area (TPSA) is 38.1 Å². The molecule has 4 aromatic rings. The van der Waals surface area contributed by atoms with Crippen molar-refractivity contribution in [1.29, 1.82) is 0 Å². The van der Waals surface area contributed by atoms with Gasteiger partial charge in [0.1, 0.15) is 5.82 Å². The second kappa shape index (κ2) is 7.21. The summed E-state index contributed by atoms with van der Waals surface area (Å²) in [4.78, 5) is 0. The van der Waals surface area contributed by atoms with Crippen LogP contribution in [0.25, 0.3) is 16.6 Å². The van der Waals surface area contributed by atoms with Crippen molar-refractivity contribution in [3.8, 4) is 5.69 Å². The number of rotatable bonds is 5. The summed E-state index contributed by atoms with van der Waals surface area (Å²) in [7, 11) is 0. The average molecular weight is 374 g/mol. The third-order valence-corrected chi connectivity index (χ3v) is 5.32. The molecule has 0 saturated heterocycles. The largest absolute Gasteiger partial charge is 0.396 e. The van der Waals surface area contributed by atoms with Crippen LogP contribution in [0.4, 0.5) is 4.39 Å². The van der Waals surface area contributed by atoms with E-state index in [0.29, 0.717) is 0 Å². The Morgan fingerprint density at radius 2 is 1.68 bits per heavy atom. The fourth-order valence-corrected chi connectivity index (χ4v) is 3.85. The summed E-state index contributed by atoms with van der Waals surface area (Å²) in [6, 6.07) is 22.9. The van der Waals surface area contributed by atoms with E-state index in [1.54, 1.807) is 12.1 Å². The lowest BCUT2D eigenvalue weighted by Crippen LogP contribution is -2.27. The van der Waals surface area contributed by atoms with Crippen LogP contribution in [0.1, 0.15) is 30.9 Å². The second-order valence-electron chi connectivity index (χ2n) is 7.84. The summed E-state index contributed by atoms with van der Waals surface area (Å²) < 4.78 is 15.1. The normalized spacial score (nSPS) is 13.0. The molecule has 0 aliphatic carbocycles. The highest BCUT2D eigenvalue weighted by Crippen LogP contribution is 2.41. The van der Waals surface area contributed by atoms with Gasteiger partial charge in [0, 0.05) is 17.9 Å². The third-order valence-electron chi connectivity index (χ3n) is 5.32. The van der Waals surface area contributed by atoms with Gasteiger partial charge in [-0.1, -0.05) is 50.2 Å². The fourth-order valence-electron chi connectivity index (χ4n) is 3.85. The van der Waals surface area contributed by atoms with Crippen molar-refractivity contribution in [2.45, 2.75) is 19.8 Å². The maximum atomic E-state index is 13.2. The number of hydrogen-bond acceptors (Lipinski definition) is 2. The predicted octanol–water partition coefficient (Wildman–Crippen LogP) is 5.32. The summed E-state index contributed by atoms with van der Waals surface area (Å²) in [6.45, 7) is 4.24. The van der Waals surface area contributed by atoms with E-state index >= 15 is 0 Å². The van der Waals surface area contributed by atoms with Gasteiger partial charge in [0.15, 0.2) is 0 Å². The highest BCUT2D eigenvalue weighted by Gasteiger charge is 2.31. The Kier molecular flexibility index (Phi) is 4.73. The molecule has 3 nitrogen and oxygen atoms in total. The van der Waals surface area contributed by atoms with Crippen LogP contribution < -0.4 is 0 Å². The number of hydrogen-bond donors (Lipinski definition) is 1. The van der Waals surface area contributed by atoms with Crippen LogP contribution in [0.2, 0.25) is 0 Å². The Balaban J connectivity index is 1.81. The van der Waals surface area contributed by atoms with E-state index in [-0.39, 0.29) is 23.8 Å². The van der Waals surface area contributed by atoms with E-state index in [2.05, 4.69) is 43.2 Å². The van der Waals surface area contributed by atoms with Gasteiger partial charge in [-0.3, -0.25) is 0 Å². The number of nitrogens with zero attached hydrogens (tertiary/aromatic N) is 2. The number of benzene rings is 3. The van der Waals surface area contributed by atoms with Crippen LogP contribution >= 0.6 is 0 Å². The summed E-state index contributed by atoms with van der Waals surface area (Å²) in [5, 5.41) is 15.5. The van der Waals surface area contributed by atoms with Gasteiger partial charge in [-0.2, -0.15) is 5.10 Å². The Bertz CT molecular complexity index is 1080. The fraction of sp³-hybridized carbons (Fsp3) is 0.208. The van der Waals surface area contributed by atoms with E-state index < -0.39 is 0 Å². The number of halogens is 1. The van der Waals surface area contributed by atoms with E-state index in [0.717, 1.165) is 22.2 Å². The first kappa shape index (κ1) is 18.4. The van der Waals surface area contributed by atoms with Gasteiger partial charge in [0.25, 0.3) is 0 Å². The van der Waals surface area contributed by atoms with E-state index in [4.69, 9.17) is 0 Å². The Labute approximate surface area is 164 Å². The monoisotopic (exact) mass is 374 g/mol. The second-order valence-corrected chi connectivity index (χ2v) is 7.84. The molecular weight excluding hydrogens is 351 g/mol. The predicted molar refractivity (Wildman–Crippen MR) is 110 cm³/mol. The van der Waals surface area contributed by atoms with Crippen molar-refractivity contribution < 1.29 is 9.50 Å². The lowest BCUT2D eigenvalue weighted by atomic mass is 9.71. The molecule has 0 fully saturated rings. The van der Waals surface area contributed by atoms with Gasteiger partial charge in [0.2, 0.25) is 0 Å². The summed E-state index contributed by atoms with van der Waals surface area (Å²) in [6.07, 6.45) is 1.83. The van der Waals surface area contributed by atoms with Gasteiger partial charge in [-0.15, -0.1) is 0 Å². The standard InChI is InChI=1S/C24H23FN2O/c1-24(2,16-28)23(17-6-4-3-5-7-17)18-8-13-22-19(14-18)15-26-27(22)21-11-9-20(25)10-12-21/h3-15,23,28H,16H2,1-2H3. The molecule has 28 heavy (non-hydrogen) atoms. The smallest absolute Gasteiger partial charge is 0.123 e. The van der Waals surface area contributed by atoms with Gasteiger partial charge in [-0.25, -0.2) is 9.07 Å². The summed E-state index contributed by atoms with van der Waals surface area (Å²) >= 11 is 0. The van der Waals surface area contributed by atoms with Crippen molar-refractivity contribution in [1.82, 2.24) is 9.78 Å². The van der Waals surface area contributed by atoms with Gasteiger partial charge in [0.05, 0.1) is 17.4 Å². The number of fused-ring (bicyclic) bond motifs is 1. The summed E-state index contributed by atoms with van der Waals surface area (Å²) in [5.41, 5.74) is 3.77. The maximum Gasteiger partial charge on any atom is 0.123 e. The summed E-state index contributed by atoms with van der Waals surface area (Å²) in [5.74, 6) is -0.211. The number of aliphatic hydroxyl groups excluding tert-OH is 1. The molecule has 0 aliphatic heterocycles. The molecule has 0 saturated carbocycles. The minimum absolute atomic E-state index is 0.0530. The molecule has 3 aromatic carbocycles. The molecule has 0 spiro atoms. The lowest BCUT2D eigenvalue weighted by molar-refractivity contribution is 0.143. The zero-order valence-electron chi connectivity index (χ0n) is 16.0. The molecule has 0 aliphatic rings. The molecule has 1 atom stereocenters. The van der Waals surface area contributed by atoms with Crippen molar-refractivity contribution in [3.05, 3.63) is 95.9 Å². The van der Waals surface area contributed by atoms with Gasteiger partial charge >= 0.3 is 0 Å². The molecule has 1 aromatic heterocycles. The van der Waals surface area contributed by atoms with Gasteiger partial charge in [-0.05, 0) is 52.9 Å². The van der Waals surface area contributed by atoms with Crippen molar-refractivity contribution in [2.75, 3.05) is 6.61 Å². The molecule has 0 amide bonds. The van der Waals surface area contributed by atoms with E-state index in [9.17, 15) is 9.50 Å². The highest BCUT2D eigenvalue weighted by atomic mass is 19.1. The SMILES string of the molecule is CC(C)(CO)C(c1ccccc1)c1ccc2c(cnn2-c2ccc(F)cc2)c1. The molecule has 0 bridgehead atoms. The van der Waals surface area contributed by atoms with Crippen LogP contribution in [-0.4, -0.2) is 21.5 Å². The Morgan fingerprint density at radius 3 is 2.36 bits per heavy atom. The molecule has 142 valence electrons. The molecule has 1 unspecified atom stereocenters. The molecule has 4 rings (SSSR count). The van der Waals surface area contributed by atoms with Crippen molar-refractivity contribution in [2.24, 2.45) is 5.41 Å². The molecule has 4 heteroatoms. The maximum absolute atomic E-state index is 13.2. The number of aliphatic hydroxyl groups is 1. The minimum Gasteiger partial charge on any atom is -0.396 e. The van der Waals surface area contributed by atoms with E-state index in [1.165, 1.54) is 17.7 Å². The third kappa shape index (κ3) is 3.32. The highest BCUT2D eigenvalue weighted by molar-refractivity contribution is 5.81. The number of aromatic nitrogens is 2. The Morgan fingerprint density at radius 1 is 0.964 bits per heavy atom. The zero-order chi connectivity index (χ0) is 19.7. The van der Waals surface area contributed by atoms with Crippen LogP contribution in [0.3, 0.4) is 0 Å². The molecular formula is C24H23FN2O. The molecule has 1 heterocycles.